The number of amides is 1. The molecule has 0 aliphatic rings. The fourth-order valence-electron chi connectivity index (χ4n) is 3.96. The Labute approximate surface area is 189 Å². The number of hydrogen-bond acceptors (Lipinski definition) is 4. The van der Waals surface area contributed by atoms with Gasteiger partial charge in [0.15, 0.2) is 0 Å². The van der Waals surface area contributed by atoms with E-state index in [9.17, 15) is 9.59 Å². The third-order valence-corrected chi connectivity index (χ3v) is 5.61. The Bertz CT molecular complexity index is 1440. The standard InChI is InChI=1S/C26H23N5O2/c32-24(15-14-23-27-19-11-5-4-10-18(19)26(33)31-23)28-22(16-17-8-2-1-3-9-17)25-29-20-12-6-7-13-21(20)30-25/h1-13,22H,14-16H2,(H,28,32)(H,29,30)(H,27,31,33)/t22-/m0/s1. The second kappa shape index (κ2) is 9.08. The molecule has 5 aromatic rings. The number of nitrogens with one attached hydrogen (secondary N) is 3. The molecule has 0 fully saturated rings. The van der Waals surface area contributed by atoms with Gasteiger partial charge in [0.25, 0.3) is 5.56 Å². The van der Waals surface area contributed by atoms with Crippen molar-refractivity contribution in [3.63, 3.8) is 0 Å². The highest BCUT2D eigenvalue weighted by Gasteiger charge is 2.19. The summed E-state index contributed by atoms with van der Waals surface area (Å²) in [6.45, 7) is 0. The van der Waals surface area contributed by atoms with Crippen molar-refractivity contribution in [1.82, 2.24) is 25.3 Å². The highest BCUT2D eigenvalue weighted by Crippen LogP contribution is 2.20. The Kier molecular flexibility index (Phi) is 5.68. The van der Waals surface area contributed by atoms with E-state index in [-0.39, 0.29) is 23.9 Å². The van der Waals surface area contributed by atoms with Gasteiger partial charge in [0.1, 0.15) is 11.6 Å². The Balaban J connectivity index is 1.34. The maximum Gasteiger partial charge on any atom is 0.258 e. The van der Waals surface area contributed by atoms with Crippen molar-refractivity contribution in [3.8, 4) is 0 Å². The molecule has 0 unspecified atom stereocenters. The van der Waals surface area contributed by atoms with Crippen LogP contribution in [0.5, 0.6) is 0 Å². The zero-order chi connectivity index (χ0) is 22.6. The van der Waals surface area contributed by atoms with Crippen LogP contribution in [0.15, 0.2) is 83.7 Å². The Morgan fingerprint density at radius 3 is 2.39 bits per heavy atom. The number of aromatic amines is 2. The minimum Gasteiger partial charge on any atom is -0.346 e. The van der Waals surface area contributed by atoms with Gasteiger partial charge in [-0.25, -0.2) is 9.97 Å². The normalized spacial score (nSPS) is 12.1. The lowest BCUT2D eigenvalue weighted by Crippen LogP contribution is -2.31. The van der Waals surface area contributed by atoms with E-state index in [1.165, 1.54) is 0 Å². The van der Waals surface area contributed by atoms with Gasteiger partial charge >= 0.3 is 0 Å². The number of benzene rings is 3. The molecule has 164 valence electrons. The summed E-state index contributed by atoms with van der Waals surface area (Å²) >= 11 is 0. The molecule has 2 aromatic heterocycles. The number of aromatic nitrogens is 4. The average molecular weight is 438 g/mol. The van der Waals surface area contributed by atoms with E-state index in [0.29, 0.717) is 35.4 Å². The summed E-state index contributed by atoms with van der Waals surface area (Å²) in [7, 11) is 0. The number of hydrogen-bond donors (Lipinski definition) is 3. The number of imidazole rings is 1. The molecule has 5 rings (SSSR count). The van der Waals surface area contributed by atoms with Gasteiger partial charge < -0.3 is 15.3 Å². The third-order valence-electron chi connectivity index (χ3n) is 5.61. The number of carbonyl (C=O) groups excluding carboxylic acids is 1. The maximum absolute atomic E-state index is 12.9. The van der Waals surface area contributed by atoms with Crippen molar-refractivity contribution in [2.75, 3.05) is 0 Å². The summed E-state index contributed by atoms with van der Waals surface area (Å²) in [5.74, 6) is 1.08. The van der Waals surface area contributed by atoms with E-state index in [0.717, 1.165) is 16.6 Å². The molecule has 1 amide bonds. The first-order valence-corrected chi connectivity index (χ1v) is 10.9. The molecule has 0 saturated carbocycles. The Morgan fingerprint density at radius 1 is 0.848 bits per heavy atom. The number of para-hydroxylation sites is 3. The second-order valence-electron chi connectivity index (χ2n) is 7.98. The van der Waals surface area contributed by atoms with Crippen LogP contribution < -0.4 is 10.9 Å². The lowest BCUT2D eigenvalue weighted by molar-refractivity contribution is -0.121. The first-order chi connectivity index (χ1) is 16.2. The van der Waals surface area contributed by atoms with E-state index in [1.807, 2.05) is 60.7 Å². The van der Waals surface area contributed by atoms with Crippen LogP contribution in [0, 0.1) is 0 Å². The number of nitrogens with zero attached hydrogens (tertiary/aromatic N) is 2. The van der Waals surface area contributed by atoms with Crippen LogP contribution in [0.4, 0.5) is 0 Å². The smallest absolute Gasteiger partial charge is 0.258 e. The summed E-state index contributed by atoms with van der Waals surface area (Å²) in [5.41, 5.74) is 3.32. The van der Waals surface area contributed by atoms with E-state index in [1.54, 1.807) is 18.2 Å². The molecular formula is C26H23N5O2. The monoisotopic (exact) mass is 437 g/mol. The third kappa shape index (κ3) is 4.67. The number of aryl methyl sites for hydroxylation is 1. The van der Waals surface area contributed by atoms with Gasteiger partial charge in [-0.05, 0) is 36.2 Å². The summed E-state index contributed by atoms with van der Waals surface area (Å²) in [5, 5.41) is 3.65. The van der Waals surface area contributed by atoms with Crippen LogP contribution in [0.25, 0.3) is 21.9 Å². The van der Waals surface area contributed by atoms with Crippen LogP contribution in [0.2, 0.25) is 0 Å². The number of rotatable bonds is 7. The highest BCUT2D eigenvalue weighted by molar-refractivity contribution is 5.79. The summed E-state index contributed by atoms with van der Waals surface area (Å²) in [6, 6.07) is 24.7. The molecule has 33 heavy (non-hydrogen) atoms. The molecule has 0 aliphatic heterocycles. The molecule has 3 aromatic carbocycles. The molecule has 0 aliphatic carbocycles. The second-order valence-corrected chi connectivity index (χ2v) is 7.98. The van der Waals surface area contributed by atoms with Crippen LogP contribution in [-0.2, 0) is 17.6 Å². The quantitative estimate of drug-likeness (QED) is 0.360. The van der Waals surface area contributed by atoms with E-state index in [4.69, 9.17) is 4.98 Å². The Hall–Kier alpha value is -4.26. The van der Waals surface area contributed by atoms with Crippen LogP contribution in [-0.4, -0.2) is 25.8 Å². The van der Waals surface area contributed by atoms with E-state index < -0.39 is 0 Å². The SMILES string of the molecule is O=C(CCc1nc2ccccc2c(=O)[nH]1)N[C@@H](Cc1ccccc1)c1nc2ccccc2[nH]1. The van der Waals surface area contributed by atoms with Crippen LogP contribution >= 0.6 is 0 Å². The maximum atomic E-state index is 12.9. The van der Waals surface area contributed by atoms with Gasteiger partial charge in [-0.2, -0.15) is 0 Å². The lowest BCUT2D eigenvalue weighted by atomic mass is 10.1. The topological polar surface area (TPSA) is 104 Å². The fourth-order valence-corrected chi connectivity index (χ4v) is 3.96. The molecule has 2 heterocycles. The summed E-state index contributed by atoms with van der Waals surface area (Å²) < 4.78 is 0. The lowest BCUT2D eigenvalue weighted by Gasteiger charge is -2.17. The van der Waals surface area contributed by atoms with Gasteiger partial charge in [-0.3, -0.25) is 9.59 Å². The first-order valence-electron chi connectivity index (χ1n) is 10.9. The largest absolute Gasteiger partial charge is 0.346 e. The van der Waals surface area contributed by atoms with Crippen molar-refractivity contribution in [2.45, 2.75) is 25.3 Å². The van der Waals surface area contributed by atoms with Crippen molar-refractivity contribution in [1.29, 1.82) is 0 Å². The molecule has 0 radical (unpaired) electrons. The van der Waals surface area contributed by atoms with Crippen molar-refractivity contribution < 1.29 is 4.79 Å². The summed E-state index contributed by atoms with van der Waals surface area (Å²) in [6.07, 6.45) is 1.15. The van der Waals surface area contributed by atoms with Crippen molar-refractivity contribution in [3.05, 3.63) is 106 Å². The van der Waals surface area contributed by atoms with Gasteiger partial charge in [0.2, 0.25) is 5.91 Å². The zero-order valence-electron chi connectivity index (χ0n) is 17.9. The number of fused-ring (bicyclic) bond motifs is 2. The van der Waals surface area contributed by atoms with Crippen LogP contribution in [0.1, 0.15) is 29.7 Å². The van der Waals surface area contributed by atoms with Gasteiger partial charge in [0, 0.05) is 12.8 Å². The van der Waals surface area contributed by atoms with Gasteiger partial charge in [0.05, 0.1) is 28.0 Å². The number of carbonyl (C=O) groups is 1. The minimum absolute atomic E-state index is 0.132. The van der Waals surface area contributed by atoms with Gasteiger partial charge in [-0.15, -0.1) is 0 Å². The van der Waals surface area contributed by atoms with E-state index in [2.05, 4.69) is 20.3 Å². The van der Waals surface area contributed by atoms with Crippen molar-refractivity contribution in [2.24, 2.45) is 0 Å². The number of H-pyrrole nitrogens is 2. The fraction of sp³-hybridized carbons (Fsp3) is 0.154. The molecule has 7 nitrogen and oxygen atoms in total. The molecule has 0 spiro atoms. The van der Waals surface area contributed by atoms with Gasteiger partial charge in [-0.1, -0.05) is 54.6 Å². The van der Waals surface area contributed by atoms with Crippen molar-refractivity contribution >= 4 is 27.8 Å². The van der Waals surface area contributed by atoms with Crippen LogP contribution in [0.3, 0.4) is 0 Å². The predicted molar refractivity (Wildman–Crippen MR) is 128 cm³/mol. The molecule has 3 N–H and O–H groups in total. The zero-order valence-corrected chi connectivity index (χ0v) is 17.9. The first kappa shape index (κ1) is 20.6. The average Bonchev–Trinajstić information content (AvgIpc) is 3.27. The predicted octanol–water partition coefficient (Wildman–Crippen LogP) is 3.83. The molecule has 7 heteroatoms. The molecule has 0 bridgehead atoms. The minimum atomic E-state index is -0.309. The Morgan fingerprint density at radius 2 is 1.58 bits per heavy atom. The highest BCUT2D eigenvalue weighted by atomic mass is 16.1. The molecule has 0 saturated heterocycles. The summed E-state index contributed by atoms with van der Waals surface area (Å²) in [4.78, 5) is 40.5. The molecular weight excluding hydrogens is 414 g/mol. The van der Waals surface area contributed by atoms with E-state index >= 15 is 0 Å². The molecule has 1 atom stereocenters.